The second-order valence-corrected chi connectivity index (χ2v) is 6.95. The van der Waals surface area contributed by atoms with E-state index in [0.29, 0.717) is 11.6 Å². The van der Waals surface area contributed by atoms with Crippen molar-refractivity contribution in [1.29, 1.82) is 0 Å². The van der Waals surface area contributed by atoms with Crippen LogP contribution in [0.2, 0.25) is 0 Å². The summed E-state index contributed by atoms with van der Waals surface area (Å²) in [5.41, 5.74) is 9.93. The van der Waals surface area contributed by atoms with Crippen molar-refractivity contribution < 1.29 is 4.79 Å². The van der Waals surface area contributed by atoms with Gasteiger partial charge in [-0.15, -0.1) is 0 Å². The van der Waals surface area contributed by atoms with Crippen molar-refractivity contribution in [3.8, 4) is 0 Å². The Morgan fingerprint density at radius 3 is 3.00 bits per heavy atom. The Kier molecular flexibility index (Phi) is 3.88. The highest BCUT2D eigenvalue weighted by Crippen LogP contribution is 2.27. The minimum atomic E-state index is -0.419. The van der Waals surface area contributed by atoms with Gasteiger partial charge in [-0.05, 0) is 37.7 Å². The summed E-state index contributed by atoms with van der Waals surface area (Å²) in [5, 5.41) is 9.02. The normalized spacial score (nSPS) is 21.1. The number of aromatic nitrogens is 4. The standard InChI is InChI=1S/C17H24N6O/c1-21-16(14-4-2-3-5-15(14)20-21)11-22-7-6-13(10-22)23-9-12(8-19-23)17(18)24/h8-9,13H,2-7,10-11H2,1H3,(H2,18,24). The third kappa shape index (κ3) is 2.73. The predicted octanol–water partition coefficient (Wildman–Crippen LogP) is 1.04. The number of carbonyl (C=O) groups excluding carboxylic acids is 1. The van der Waals surface area contributed by atoms with Gasteiger partial charge in [0.05, 0.1) is 29.2 Å². The van der Waals surface area contributed by atoms with Crippen LogP contribution >= 0.6 is 0 Å². The molecule has 0 spiro atoms. The lowest BCUT2D eigenvalue weighted by Gasteiger charge is -2.18. The fraction of sp³-hybridized carbons (Fsp3) is 0.588. The largest absolute Gasteiger partial charge is 0.366 e. The molecule has 7 nitrogen and oxygen atoms in total. The number of amides is 1. The van der Waals surface area contributed by atoms with Crippen molar-refractivity contribution in [1.82, 2.24) is 24.5 Å². The van der Waals surface area contributed by atoms with E-state index in [9.17, 15) is 4.79 Å². The number of fused-ring (bicyclic) bond motifs is 1. The van der Waals surface area contributed by atoms with E-state index in [0.717, 1.165) is 38.9 Å². The summed E-state index contributed by atoms with van der Waals surface area (Å²) < 4.78 is 3.96. The quantitative estimate of drug-likeness (QED) is 0.909. The molecule has 2 aliphatic rings. The van der Waals surface area contributed by atoms with Gasteiger partial charge in [0.2, 0.25) is 0 Å². The van der Waals surface area contributed by atoms with Crippen molar-refractivity contribution in [2.24, 2.45) is 12.8 Å². The van der Waals surface area contributed by atoms with E-state index in [1.54, 1.807) is 12.4 Å². The van der Waals surface area contributed by atoms with Crippen molar-refractivity contribution in [2.75, 3.05) is 13.1 Å². The highest BCUT2D eigenvalue weighted by Gasteiger charge is 2.27. The molecule has 2 N–H and O–H groups in total. The number of likely N-dealkylation sites (tertiary alicyclic amines) is 1. The first-order chi connectivity index (χ1) is 11.6. The van der Waals surface area contributed by atoms with Crippen LogP contribution in [0.5, 0.6) is 0 Å². The Balaban J connectivity index is 1.46. The maximum absolute atomic E-state index is 11.2. The number of primary amides is 1. The molecule has 0 aromatic carbocycles. The molecule has 1 aliphatic heterocycles. The molecule has 4 rings (SSSR count). The van der Waals surface area contributed by atoms with Crippen molar-refractivity contribution >= 4 is 5.91 Å². The topological polar surface area (TPSA) is 82.0 Å². The molecule has 0 saturated carbocycles. The fourth-order valence-corrected chi connectivity index (χ4v) is 3.99. The second kappa shape index (κ2) is 6.05. The van der Waals surface area contributed by atoms with Crippen LogP contribution in [-0.2, 0) is 26.4 Å². The summed E-state index contributed by atoms with van der Waals surface area (Å²) >= 11 is 0. The lowest BCUT2D eigenvalue weighted by atomic mass is 9.96. The molecule has 24 heavy (non-hydrogen) atoms. The number of nitrogens with zero attached hydrogens (tertiary/aromatic N) is 5. The van der Waals surface area contributed by atoms with Crippen LogP contribution in [0, 0.1) is 0 Å². The van der Waals surface area contributed by atoms with Gasteiger partial charge in [0, 0.05) is 32.9 Å². The van der Waals surface area contributed by atoms with E-state index in [1.807, 2.05) is 4.68 Å². The molecule has 2 aromatic rings. The summed E-state index contributed by atoms with van der Waals surface area (Å²) in [6, 6.07) is 0.308. The van der Waals surface area contributed by atoms with Gasteiger partial charge in [-0.2, -0.15) is 10.2 Å². The van der Waals surface area contributed by atoms with Gasteiger partial charge in [-0.3, -0.25) is 19.1 Å². The highest BCUT2D eigenvalue weighted by molar-refractivity contribution is 5.92. The van der Waals surface area contributed by atoms with Gasteiger partial charge >= 0.3 is 0 Å². The van der Waals surface area contributed by atoms with E-state index in [4.69, 9.17) is 10.8 Å². The third-order valence-corrected chi connectivity index (χ3v) is 5.33. The average molecular weight is 328 g/mol. The molecule has 1 saturated heterocycles. The molecule has 1 unspecified atom stereocenters. The molecule has 1 fully saturated rings. The first-order valence-corrected chi connectivity index (χ1v) is 8.72. The first-order valence-electron chi connectivity index (χ1n) is 8.72. The Morgan fingerprint density at radius 1 is 1.38 bits per heavy atom. The van der Waals surface area contributed by atoms with Crippen LogP contribution in [-0.4, -0.2) is 43.5 Å². The van der Waals surface area contributed by atoms with Crippen LogP contribution in [0.25, 0.3) is 0 Å². The Hall–Kier alpha value is -2.15. The zero-order valence-corrected chi connectivity index (χ0v) is 14.1. The van der Waals surface area contributed by atoms with E-state index < -0.39 is 5.91 Å². The number of nitrogens with two attached hydrogens (primary N) is 1. The molecular formula is C17H24N6O. The summed E-state index contributed by atoms with van der Waals surface area (Å²) in [5.74, 6) is -0.419. The van der Waals surface area contributed by atoms with E-state index >= 15 is 0 Å². The number of aryl methyl sites for hydroxylation is 2. The lowest BCUT2D eigenvalue weighted by Crippen LogP contribution is -2.23. The molecule has 1 aliphatic carbocycles. The summed E-state index contributed by atoms with van der Waals surface area (Å²) in [7, 11) is 2.06. The predicted molar refractivity (Wildman–Crippen MR) is 89.5 cm³/mol. The smallest absolute Gasteiger partial charge is 0.251 e. The summed E-state index contributed by atoms with van der Waals surface area (Å²) in [6.45, 7) is 2.93. The molecule has 3 heterocycles. The third-order valence-electron chi connectivity index (χ3n) is 5.33. The van der Waals surface area contributed by atoms with Gasteiger partial charge in [0.1, 0.15) is 0 Å². The van der Waals surface area contributed by atoms with Gasteiger partial charge in [-0.25, -0.2) is 0 Å². The molecular weight excluding hydrogens is 304 g/mol. The van der Waals surface area contributed by atoms with Gasteiger partial charge < -0.3 is 5.73 Å². The SMILES string of the molecule is Cn1nc2c(c1CN1CCC(n3cc(C(N)=O)cn3)C1)CCCC2. The molecule has 7 heteroatoms. The van der Waals surface area contributed by atoms with Crippen molar-refractivity contribution in [3.63, 3.8) is 0 Å². The number of hydrogen-bond donors (Lipinski definition) is 1. The number of carbonyl (C=O) groups is 1. The van der Waals surface area contributed by atoms with Crippen molar-refractivity contribution in [2.45, 2.75) is 44.7 Å². The maximum atomic E-state index is 11.2. The summed E-state index contributed by atoms with van der Waals surface area (Å²) in [6.07, 6.45) is 9.19. The average Bonchev–Trinajstić information content (AvgIpc) is 3.27. The van der Waals surface area contributed by atoms with E-state index in [-0.39, 0.29) is 0 Å². The van der Waals surface area contributed by atoms with E-state index in [1.165, 1.54) is 29.8 Å². The Bertz CT molecular complexity index is 761. The van der Waals surface area contributed by atoms with Crippen LogP contribution in [0.3, 0.4) is 0 Å². The van der Waals surface area contributed by atoms with Crippen LogP contribution in [0.4, 0.5) is 0 Å². The monoisotopic (exact) mass is 328 g/mol. The molecule has 2 aromatic heterocycles. The lowest BCUT2D eigenvalue weighted by molar-refractivity contribution is 0.1000. The van der Waals surface area contributed by atoms with Gasteiger partial charge in [0.15, 0.2) is 0 Å². The maximum Gasteiger partial charge on any atom is 0.251 e. The summed E-state index contributed by atoms with van der Waals surface area (Å²) in [4.78, 5) is 13.7. The molecule has 128 valence electrons. The number of rotatable bonds is 4. The van der Waals surface area contributed by atoms with Crippen LogP contribution < -0.4 is 5.73 Å². The first kappa shape index (κ1) is 15.4. The number of hydrogen-bond acceptors (Lipinski definition) is 4. The second-order valence-electron chi connectivity index (χ2n) is 6.95. The zero-order valence-electron chi connectivity index (χ0n) is 14.1. The van der Waals surface area contributed by atoms with Crippen LogP contribution in [0.15, 0.2) is 12.4 Å². The molecule has 1 amide bonds. The van der Waals surface area contributed by atoms with Gasteiger partial charge in [-0.1, -0.05) is 0 Å². The van der Waals surface area contributed by atoms with Crippen molar-refractivity contribution in [3.05, 3.63) is 34.9 Å². The van der Waals surface area contributed by atoms with Crippen LogP contribution in [0.1, 0.15) is 52.6 Å². The van der Waals surface area contributed by atoms with Gasteiger partial charge in [0.25, 0.3) is 5.91 Å². The van der Waals surface area contributed by atoms with E-state index in [2.05, 4.69) is 21.7 Å². The fourth-order valence-electron chi connectivity index (χ4n) is 3.99. The Morgan fingerprint density at radius 2 is 2.21 bits per heavy atom. The minimum absolute atomic E-state index is 0.308. The zero-order chi connectivity index (χ0) is 16.7. The molecule has 0 bridgehead atoms. The highest BCUT2D eigenvalue weighted by atomic mass is 16.1. The molecule has 0 radical (unpaired) electrons. The molecule has 1 atom stereocenters. The Labute approximate surface area is 141 Å². The minimum Gasteiger partial charge on any atom is -0.366 e.